The third-order valence-corrected chi connectivity index (χ3v) is 3.19. The van der Waals surface area contributed by atoms with Crippen molar-refractivity contribution in [2.24, 2.45) is 11.7 Å². The molecule has 0 saturated heterocycles. The monoisotopic (exact) mass is 246 g/mol. The molecule has 1 fully saturated rings. The van der Waals surface area contributed by atoms with E-state index in [4.69, 9.17) is 5.73 Å². The Hall–Kier alpha value is -0.580. The number of thiophene rings is 1. The first kappa shape index (κ1) is 12.5. The van der Waals surface area contributed by atoms with E-state index in [1.165, 1.54) is 24.2 Å². The molecular weight excluding hydrogens is 232 g/mol. The molecule has 1 aliphatic carbocycles. The molecule has 3 N–H and O–H groups in total. The summed E-state index contributed by atoms with van der Waals surface area (Å²) in [5.41, 5.74) is 6.60. The molecular formula is C10H15ClN2OS. The van der Waals surface area contributed by atoms with Gasteiger partial charge in [-0.3, -0.25) is 4.79 Å². The summed E-state index contributed by atoms with van der Waals surface area (Å²) in [5.74, 6) is 0.625. The minimum atomic E-state index is -0.0117. The molecule has 84 valence electrons. The van der Waals surface area contributed by atoms with Crippen molar-refractivity contribution in [1.82, 2.24) is 5.32 Å². The lowest BCUT2D eigenvalue weighted by Gasteiger charge is -2.10. The SMILES string of the molecule is Cl.NC(CNC(=O)c1ccsc1)C1CC1. The van der Waals surface area contributed by atoms with E-state index >= 15 is 0 Å². The maximum atomic E-state index is 11.5. The number of carbonyl (C=O) groups excluding carboxylic acids is 1. The van der Waals surface area contributed by atoms with Gasteiger partial charge in [-0.25, -0.2) is 0 Å². The Bertz CT molecular complexity index is 311. The molecule has 0 aliphatic heterocycles. The summed E-state index contributed by atoms with van der Waals surface area (Å²) < 4.78 is 0. The van der Waals surface area contributed by atoms with Crippen LogP contribution in [0.15, 0.2) is 16.8 Å². The van der Waals surface area contributed by atoms with Crippen LogP contribution in [0.25, 0.3) is 0 Å². The second kappa shape index (κ2) is 5.49. The average Bonchev–Trinajstić information content (AvgIpc) is 2.90. The second-order valence-electron chi connectivity index (χ2n) is 3.72. The van der Waals surface area contributed by atoms with Gasteiger partial charge < -0.3 is 11.1 Å². The van der Waals surface area contributed by atoms with E-state index < -0.39 is 0 Å². The van der Waals surface area contributed by atoms with Crippen LogP contribution in [0.3, 0.4) is 0 Å². The highest BCUT2D eigenvalue weighted by Gasteiger charge is 2.28. The van der Waals surface area contributed by atoms with Gasteiger partial charge in [0, 0.05) is 23.5 Å². The second-order valence-corrected chi connectivity index (χ2v) is 4.50. The number of nitrogens with one attached hydrogen (secondary N) is 1. The largest absolute Gasteiger partial charge is 0.350 e. The van der Waals surface area contributed by atoms with Crippen molar-refractivity contribution >= 4 is 29.7 Å². The lowest BCUT2D eigenvalue weighted by Crippen LogP contribution is -2.38. The Morgan fingerprint density at radius 3 is 2.93 bits per heavy atom. The van der Waals surface area contributed by atoms with E-state index in [9.17, 15) is 4.79 Å². The predicted octanol–water partition coefficient (Wildman–Crippen LogP) is 1.64. The average molecular weight is 247 g/mol. The Kier molecular flexibility index (Phi) is 4.57. The Morgan fingerprint density at radius 2 is 2.40 bits per heavy atom. The van der Waals surface area contributed by atoms with Crippen LogP contribution in [-0.2, 0) is 0 Å². The number of nitrogens with two attached hydrogens (primary N) is 1. The molecule has 15 heavy (non-hydrogen) atoms. The summed E-state index contributed by atoms with van der Waals surface area (Å²) in [6.45, 7) is 0.597. The number of amides is 1. The lowest BCUT2D eigenvalue weighted by molar-refractivity contribution is 0.0951. The molecule has 1 saturated carbocycles. The third-order valence-electron chi connectivity index (χ3n) is 2.51. The first-order valence-corrected chi connectivity index (χ1v) is 5.77. The van der Waals surface area contributed by atoms with Crippen LogP contribution >= 0.6 is 23.7 Å². The summed E-state index contributed by atoms with van der Waals surface area (Å²) in [5, 5.41) is 6.59. The van der Waals surface area contributed by atoms with Gasteiger partial charge in [0.15, 0.2) is 0 Å². The van der Waals surface area contributed by atoms with E-state index in [0.29, 0.717) is 12.5 Å². The predicted molar refractivity (Wildman–Crippen MR) is 64.6 cm³/mol. The first-order chi connectivity index (χ1) is 6.77. The van der Waals surface area contributed by atoms with Crippen LogP contribution in [0, 0.1) is 5.92 Å². The Morgan fingerprint density at radius 1 is 1.67 bits per heavy atom. The summed E-state index contributed by atoms with van der Waals surface area (Å²) >= 11 is 1.53. The van der Waals surface area contributed by atoms with Crippen molar-refractivity contribution in [2.75, 3.05) is 6.54 Å². The number of hydrogen-bond donors (Lipinski definition) is 2. The van der Waals surface area contributed by atoms with E-state index in [0.717, 1.165) is 5.56 Å². The van der Waals surface area contributed by atoms with Crippen molar-refractivity contribution in [3.8, 4) is 0 Å². The molecule has 0 spiro atoms. The van der Waals surface area contributed by atoms with Gasteiger partial charge in [-0.1, -0.05) is 0 Å². The van der Waals surface area contributed by atoms with E-state index in [2.05, 4.69) is 5.32 Å². The highest BCUT2D eigenvalue weighted by atomic mass is 35.5. The van der Waals surface area contributed by atoms with Crippen LogP contribution in [0.2, 0.25) is 0 Å². The molecule has 0 aromatic carbocycles. The van der Waals surface area contributed by atoms with Crippen LogP contribution in [0.1, 0.15) is 23.2 Å². The molecule has 1 aromatic rings. The molecule has 3 nitrogen and oxygen atoms in total. The van der Waals surface area contributed by atoms with Crippen molar-refractivity contribution in [2.45, 2.75) is 18.9 Å². The number of carbonyl (C=O) groups is 1. The number of rotatable bonds is 4. The maximum absolute atomic E-state index is 11.5. The standard InChI is InChI=1S/C10H14N2OS.ClH/c11-9(7-1-2-7)5-12-10(13)8-3-4-14-6-8;/h3-4,6-7,9H,1-2,5,11H2,(H,12,13);1H. The van der Waals surface area contributed by atoms with Crippen LogP contribution in [0.4, 0.5) is 0 Å². The van der Waals surface area contributed by atoms with E-state index in [1.807, 2.05) is 16.8 Å². The molecule has 0 radical (unpaired) electrons. The fourth-order valence-electron chi connectivity index (χ4n) is 1.40. The quantitative estimate of drug-likeness (QED) is 0.849. The first-order valence-electron chi connectivity index (χ1n) is 4.83. The fraction of sp³-hybridized carbons (Fsp3) is 0.500. The molecule has 1 amide bonds. The van der Waals surface area contributed by atoms with Crippen molar-refractivity contribution in [1.29, 1.82) is 0 Å². The van der Waals surface area contributed by atoms with Crippen LogP contribution < -0.4 is 11.1 Å². The van der Waals surface area contributed by atoms with Crippen molar-refractivity contribution in [3.63, 3.8) is 0 Å². The molecule has 1 aliphatic rings. The third kappa shape index (κ3) is 3.48. The van der Waals surface area contributed by atoms with Gasteiger partial charge in [-0.05, 0) is 30.2 Å². The minimum absolute atomic E-state index is 0. The summed E-state index contributed by atoms with van der Waals surface area (Å²) in [7, 11) is 0. The van der Waals surface area contributed by atoms with Crippen molar-refractivity contribution in [3.05, 3.63) is 22.4 Å². The zero-order chi connectivity index (χ0) is 9.97. The van der Waals surface area contributed by atoms with Gasteiger partial charge in [0.25, 0.3) is 5.91 Å². The smallest absolute Gasteiger partial charge is 0.252 e. The zero-order valence-corrected chi connectivity index (χ0v) is 9.94. The van der Waals surface area contributed by atoms with E-state index in [1.54, 1.807) is 0 Å². The highest BCUT2D eigenvalue weighted by molar-refractivity contribution is 7.08. The van der Waals surface area contributed by atoms with Gasteiger partial charge in [0.1, 0.15) is 0 Å². The molecule has 1 heterocycles. The topological polar surface area (TPSA) is 55.1 Å². The minimum Gasteiger partial charge on any atom is -0.350 e. The maximum Gasteiger partial charge on any atom is 0.252 e. The van der Waals surface area contributed by atoms with Gasteiger partial charge in [0.05, 0.1) is 0 Å². The fourth-order valence-corrected chi connectivity index (χ4v) is 2.03. The molecule has 1 atom stereocenters. The Balaban J connectivity index is 0.00000112. The van der Waals surface area contributed by atoms with Crippen LogP contribution in [-0.4, -0.2) is 18.5 Å². The summed E-state index contributed by atoms with van der Waals surface area (Å²) in [4.78, 5) is 11.5. The normalized spacial score (nSPS) is 16.6. The van der Waals surface area contributed by atoms with Crippen molar-refractivity contribution < 1.29 is 4.79 Å². The van der Waals surface area contributed by atoms with Crippen LogP contribution in [0.5, 0.6) is 0 Å². The van der Waals surface area contributed by atoms with Gasteiger partial charge in [-0.2, -0.15) is 11.3 Å². The molecule has 0 bridgehead atoms. The number of hydrogen-bond acceptors (Lipinski definition) is 3. The Labute approximate surface area is 99.5 Å². The number of halogens is 1. The molecule has 1 unspecified atom stereocenters. The van der Waals surface area contributed by atoms with E-state index in [-0.39, 0.29) is 24.4 Å². The summed E-state index contributed by atoms with van der Waals surface area (Å²) in [6, 6.07) is 1.96. The van der Waals surface area contributed by atoms with Gasteiger partial charge >= 0.3 is 0 Å². The molecule has 1 aromatic heterocycles. The highest BCUT2D eigenvalue weighted by Crippen LogP contribution is 2.31. The molecule has 5 heteroatoms. The summed E-state index contributed by atoms with van der Waals surface area (Å²) in [6.07, 6.45) is 2.44. The lowest BCUT2D eigenvalue weighted by atomic mass is 10.2. The molecule has 2 rings (SSSR count). The van der Waals surface area contributed by atoms with Gasteiger partial charge in [-0.15, -0.1) is 12.4 Å². The zero-order valence-electron chi connectivity index (χ0n) is 8.31. The van der Waals surface area contributed by atoms with Gasteiger partial charge in [0.2, 0.25) is 0 Å².